The summed E-state index contributed by atoms with van der Waals surface area (Å²) < 4.78 is 2.11. The maximum atomic E-state index is 8.76. The first-order chi connectivity index (χ1) is 8.83. The number of rotatable bonds is 1. The van der Waals surface area contributed by atoms with Crippen molar-refractivity contribution in [1.29, 1.82) is 0 Å². The molecule has 0 aliphatic carbocycles. The topological polar surface area (TPSA) is 52.6 Å². The van der Waals surface area contributed by atoms with Crippen molar-refractivity contribution >= 4 is 27.5 Å². The average Bonchev–Trinajstić information content (AvgIpc) is 2.43. The molecule has 3 rings (SSSR count). The Morgan fingerprint density at radius 2 is 1.42 bits per heavy atom. The number of pyridine rings is 1. The molecule has 0 atom stereocenters. The number of benzene rings is 2. The Balaban J connectivity index is 0.00000133. The van der Waals surface area contributed by atoms with Crippen molar-refractivity contribution in [2.24, 2.45) is 12.2 Å². The summed E-state index contributed by atoms with van der Waals surface area (Å²) in [5.74, 6) is 0. The number of hydrogen-bond acceptors (Lipinski definition) is 1. The second-order valence-corrected chi connectivity index (χ2v) is 4.13. The van der Waals surface area contributed by atoms with E-state index in [-0.39, 0.29) is 24.0 Å². The van der Waals surface area contributed by atoms with Crippen LogP contribution in [0, 0.1) is 0 Å². The first-order valence-electron chi connectivity index (χ1n) is 5.67. The van der Waals surface area contributed by atoms with Gasteiger partial charge in [0.05, 0.1) is 16.5 Å². The maximum absolute atomic E-state index is 8.76. The maximum Gasteiger partial charge on any atom is 0.213 e. The van der Waals surface area contributed by atoms with Gasteiger partial charge in [-0.2, -0.15) is 4.57 Å². The van der Waals surface area contributed by atoms with Gasteiger partial charge in [0, 0.05) is 17.0 Å². The Morgan fingerprint density at radius 3 is 1.89 bits per heavy atom. The molecule has 0 radical (unpaired) electrons. The summed E-state index contributed by atoms with van der Waals surface area (Å²) in [6.07, 6.45) is 0. The molecule has 0 fully saturated rings. The van der Waals surface area contributed by atoms with Crippen LogP contribution in [0.2, 0.25) is 0 Å². The van der Waals surface area contributed by atoms with Gasteiger partial charge in [0.25, 0.3) is 0 Å². The van der Waals surface area contributed by atoms with Crippen LogP contribution in [0.5, 0.6) is 0 Å². The van der Waals surface area contributed by atoms with Crippen LogP contribution in [0.3, 0.4) is 0 Å². The molecule has 4 nitrogen and oxygen atoms in total. The lowest BCUT2D eigenvalue weighted by atomic mass is 10.1. The zero-order valence-corrected chi connectivity index (χ0v) is 12.4. The predicted molar refractivity (Wildman–Crippen MR) is 71.4 cm³/mol. The summed E-state index contributed by atoms with van der Waals surface area (Å²) >= 11 is 0. The van der Waals surface area contributed by atoms with Crippen molar-refractivity contribution in [3.8, 4) is 0 Å². The minimum Gasteiger partial charge on any atom is -1.00 e. The first-order valence-corrected chi connectivity index (χ1v) is 5.67. The number of halogens is 1. The van der Waals surface area contributed by atoms with Crippen LogP contribution in [0.25, 0.3) is 32.2 Å². The van der Waals surface area contributed by atoms with Crippen LogP contribution in [0.15, 0.2) is 53.6 Å². The highest BCUT2D eigenvalue weighted by atomic mass is 127. The molecular formula is C14H11IN4. The van der Waals surface area contributed by atoms with Gasteiger partial charge in [0.15, 0.2) is 0 Å². The molecule has 0 unspecified atom stereocenters. The van der Waals surface area contributed by atoms with Crippen LogP contribution < -0.4 is 28.5 Å². The van der Waals surface area contributed by atoms with E-state index in [1.807, 2.05) is 55.6 Å². The Morgan fingerprint density at radius 1 is 0.947 bits per heavy atom. The number of nitrogens with zero attached hydrogens (tertiary/aromatic N) is 4. The highest BCUT2D eigenvalue weighted by Crippen LogP contribution is 2.31. The fraction of sp³-hybridized carbons (Fsp3) is 0.0714. The van der Waals surface area contributed by atoms with Crippen molar-refractivity contribution in [3.63, 3.8) is 0 Å². The van der Waals surface area contributed by atoms with E-state index in [2.05, 4.69) is 14.6 Å². The zero-order chi connectivity index (χ0) is 12.5. The number of aryl methyl sites for hydroxylation is 1. The molecule has 94 valence electrons. The number of aromatic nitrogens is 1. The molecule has 3 aromatic rings. The molecule has 0 saturated heterocycles. The molecule has 0 saturated carbocycles. The van der Waals surface area contributed by atoms with Crippen LogP contribution in [-0.4, -0.2) is 0 Å². The van der Waals surface area contributed by atoms with E-state index in [9.17, 15) is 0 Å². The molecular weight excluding hydrogens is 351 g/mol. The quantitative estimate of drug-likeness (QED) is 0.153. The number of azide groups is 1. The minimum absolute atomic E-state index is 0. The Labute approximate surface area is 127 Å². The molecule has 0 N–H and O–H groups in total. The number of fused-ring (bicyclic) bond motifs is 2. The van der Waals surface area contributed by atoms with Crippen molar-refractivity contribution < 1.29 is 28.5 Å². The molecule has 0 bridgehead atoms. The predicted octanol–water partition coefficient (Wildman–Crippen LogP) is 0.763. The van der Waals surface area contributed by atoms with Gasteiger partial charge < -0.3 is 24.0 Å². The second kappa shape index (κ2) is 5.42. The Kier molecular flexibility index (Phi) is 3.87. The monoisotopic (exact) mass is 362 g/mol. The smallest absolute Gasteiger partial charge is 0.213 e. The first kappa shape index (κ1) is 13.6. The average molecular weight is 362 g/mol. The second-order valence-electron chi connectivity index (χ2n) is 4.13. The van der Waals surface area contributed by atoms with Gasteiger partial charge in [-0.1, -0.05) is 29.4 Å². The molecule has 0 spiro atoms. The summed E-state index contributed by atoms with van der Waals surface area (Å²) in [5, 5.41) is 5.81. The third kappa shape index (κ3) is 2.11. The SMILES string of the molecule is C[n+]1c2ccccc2c(N=[N+]=[N-])c2ccccc21.[I-]. The van der Waals surface area contributed by atoms with Gasteiger partial charge in [0.1, 0.15) is 7.05 Å². The summed E-state index contributed by atoms with van der Waals surface area (Å²) in [6.45, 7) is 0. The van der Waals surface area contributed by atoms with Gasteiger partial charge in [-0.3, -0.25) is 0 Å². The lowest BCUT2D eigenvalue weighted by Gasteiger charge is -2.05. The third-order valence-corrected chi connectivity index (χ3v) is 3.19. The van der Waals surface area contributed by atoms with E-state index in [1.54, 1.807) is 0 Å². The van der Waals surface area contributed by atoms with E-state index in [4.69, 9.17) is 5.53 Å². The van der Waals surface area contributed by atoms with Gasteiger partial charge in [-0.25, -0.2) is 0 Å². The lowest BCUT2D eigenvalue weighted by molar-refractivity contribution is -0.617. The Hall–Kier alpha value is -1.85. The normalized spacial score (nSPS) is 9.95. The molecule has 5 heteroatoms. The van der Waals surface area contributed by atoms with E-state index in [1.165, 1.54) is 0 Å². The Bertz CT molecular complexity index is 750. The van der Waals surface area contributed by atoms with E-state index in [0.717, 1.165) is 21.8 Å². The molecule has 0 aliphatic heterocycles. The van der Waals surface area contributed by atoms with Crippen LogP contribution in [-0.2, 0) is 7.05 Å². The number of para-hydroxylation sites is 2. The zero-order valence-electron chi connectivity index (χ0n) is 10.3. The third-order valence-electron chi connectivity index (χ3n) is 3.19. The molecule has 19 heavy (non-hydrogen) atoms. The molecule has 1 heterocycles. The van der Waals surface area contributed by atoms with Gasteiger partial charge in [-0.05, 0) is 17.7 Å². The van der Waals surface area contributed by atoms with Crippen molar-refractivity contribution in [2.45, 2.75) is 0 Å². The highest BCUT2D eigenvalue weighted by Gasteiger charge is 2.15. The molecule has 2 aromatic carbocycles. The lowest BCUT2D eigenvalue weighted by Crippen LogP contribution is -3.00. The van der Waals surface area contributed by atoms with Crippen molar-refractivity contribution in [3.05, 3.63) is 59.0 Å². The van der Waals surface area contributed by atoms with E-state index in [0.29, 0.717) is 5.69 Å². The van der Waals surface area contributed by atoms with Crippen LogP contribution in [0.4, 0.5) is 5.69 Å². The fourth-order valence-electron chi connectivity index (χ4n) is 2.36. The fourth-order valence-corrected chi connectivity index (χ4v) is 2.36. The summed E-state index contributed by atoms with van der Waals surface area (Å²) in [7, 11) is 2.02. The van der Waals surface area contributed by atoms with Crippen LogP contribution >= 0.6 is 0 Å². The van der Waals surface area contributed by atoms with E-state index < -0.39 is 0 Å². The number of hydrogen-bond donors (Lipinski definition) is 0. The van der Waals surface area contributed by atoms with Crippen LogP contribution in [0.1, 0.15) is 0 Å². The molecule has 0 amide bonds. The summed E-state index contributed by atoms with van der Waals surface area (Å²) in [6, 6.07) is 15.9. The van der Waals surface area contributed by atoms with Gasteiger partial charge in [0.2, 0.25) is 11.0 Å². The minimum atomic E-state index is 0. The standard InChI is InChI=1S/C14H11N4.HI/c1-18-12-8-4-2-6-10(12)14(16-17-15)11-7-3-5-9-13(11)18;/h2-9H,1H3;1H/q+1;/p-1. The summed E-state index contributed by atoms with van der Waals surface area (Å²) in [5.41, 5.74) is 11.6. The van der Waals surface area contributed by atoms with Crippen molar-refractivity contribution in [1.82, 2.24) is 0 Å². The van der Waals surface area contributed by atoms with Crippen molar-refractivity contribution in [2.75, 3.05) is 0 Å². The largest absolute Gasteiger partial charge is 1.00 e. The summed E-state index contributed by atoms with van der Waals surface area (Å²) in [4.78, 5) is 2.95. The van der Waals surface area contributed by atoms with E-state index >= 15 is 0 Å². The molecule has 0 aliphatic rings. The van der Waals surface area contributed by atoms with Gasteiger partial charge >= 0.3 is 0 Å². The molecule has 1 aromatic heterocycles. The van der Waals surface area contributed by atoms with Gasteiger partial charge in [-0.15, -0.1) is 0 Å². The highest BCUT2D eigenvalue weighted by molar-refractivity contribution is 6.03.